The minimum atomic E-state index is 0.602. The van der Waals surface area contributed by atoms with E-state index in [0.717, 1.165) is 17.8 Å². The molecule has 0 aliphatic carbocycles. The van der Waals surface area contributed by atoms with E-state index in [1.54, 1.807) is 16.9 Å². The van der Waals surface area contributed by atoms with Crippen molar-refractivity contribution in [1.82, 2.24) is 19.6 Å². The third-order valence-electron chi connectivity index (χ3n) is 1.63. The van der Waals surface area contributed by atoms with Gasteiger partial charge in [0.2, 0.25) is 4.73 Å². The zero-order valence-electron chi connectivity index (χ0n) is 6.53. The van der Waals surface area contributed by atoms with Crippen LogP contribution in [-0.4, -0.2) is 19.6 Å². The minimum absolute atomic E-state index is 0.602. The highest BCUT2D eigenvalue weighted by molar-refractivity contribution is 9.10. The summed E-state index contributed by atoms with van der Waals surface area (Å²) in [5.41, 5.74) is 1.79. The number of aryl methyl sites for hydroxylation is 1. The maximum Gasteiger partial charge on any atom is 0.216 e. The molecule has 0 aromatic carbocycles. The molecule has 0 bridgehead atoms. The molecule has 5 heteroatoms. The number of hydrogen-bond acceptors (Lipinski definition) is 3. The minimum Gasteiger partial charge on any atom is -0.234 e. The molecule has 0 N–H and O–H groups in total. The Morgan fingerprint density at radius 3 is 3.17 bits per heavy atom. The van der Waals surface area contributed by atoms with Crippen molar-refractivity contribution in [3.8, 4) is 0 Å². The van der Waals surface area contributed by atoms with Crippen molar-refractivity contribution < 1.29 is 0 Å². The van der Waals surface area contributed by atoms with Gasteiger partial charge >= 0.3 is 0 Å². The first-order valence-corrected chi connectivity index (χ1v) is 4.46. The monoisotopic (exact) mass is 226 g/mol. The van der Waals surface area contributed by atoms with Crippen molar-refractivity contribution in [2.45, 2.75) is 13.3 Å². The molecular weight excluding hydrogens is 220 g/mol. The van der Waals surface area contributed by atoms with E-state index in [1.165, 1.54) is 0 Å². The van der Waals surface area contributed by atoms with Gasteiger partial charge in [-0.2, -0.15) is 0 Å². The molecule has 0 amide bonds. The Labute approximate surface area is 77.8 Å². The van der Waals surface area contributed by atoms with E-state index in [1.807, 2.05) is 6.92 Å². The van der Waals surface area contributed by atoms with Gasteiger partial charge in [0.15, 0.2) is 5.65 Å². The van der Waals surface area contributed by atoms with Gasteiger partial charge in [0.25, 0.3) is 0 Å². The standard InChI is InChI=1S/C7H7BrN4/c1-2-5-6-9-3-4-12(6)11-7(8)10-5/h3-4H,2H2,1H3. The van der Waals surface area contributed by atoms with Crippen LogP contribution in [0.5, 0.6) is 0 Å². The summed E-state index contributed by atoms with van der Waals surface area (Å²) < 4.78 is 2.32. The number of aromatic nitrogens is 4. The van der Waals surface area contributed by atoms with E-state index in [2.05, 4.69) is 31.0 Å². The zero-order valence-corrected chi connectivity index (χ0v) is 8.11. The summed E-state index contributed by atoms with van der Waals surface area (Å²) in [5.74, 6) is 0. The van der Waals surface area contributed by atoms with Crippen LogP contribution in [0.4, 0.5) is 0 Å². The van der Waals surface area contributed by atoms with Crippen LogP contribution in [0, 0.1) is 0 Å². The summed E-state index contributed by atoms with van der Waals surface area (Å²) >= 11 is 3.24. The predicted octanol–water partition coefficient (Wildman–Crippen LogP) is 1.45. The predicted molar refractivity (Wildman–Crippen MR) is 47.9 cm³/mol. The number of nitrogens with zero attached hydrogens (tertiary/aromatic N) is 4. The van der Waals surface area contributed by atoms with Crippen LogP contribution in [0.25, 0.3) is 5.65 Å². The molecule has 0 spiro atoms. The second kappa shape index (κ2) is 2.82. The maximum atomic E-state index is 4.21. The summed E-state index contributed by atoms with van der Waals surface area (Å²) in [6.45, 7) is 2.05. The molecule has 0 radical (unpaired) electrons. The topological polar surface area (TPSA) is 43.1 Å². The van der Waals surface area contributed by atoms with Gasteiger partial charge in [-0.15, -0.1) is 5.10 Å². The third kappa shape index (κ3) is 1.10. The van der Waals surface area contributed by atoms with Crippen molar-refractivity contribution in [3.05, 3.63) is 22.8 Å². The summed E-state index contributed by atoms with van der Waals surface area (Å²) in [5, 5.41) is 4.10. The van der Waals surface area contributed by atoms with Gasteiger partial charge in [0.05, 0.1) is 5.69 Å². The van der Waals surface area contributed by atoms with Crippen molar-refractivity contribution in [3.63, 3.8) is 0 Å². The lowest BCUT2D eigenvalue weighted by Crippen LogP contribution is -1.99. The zero-order chi connectivity index (χ0) is 8.55. The van der Waals surface area contributed by atoms with Gasteiger partial charge in [-0.3, -0.25) is 0 Å². The first-order valence-electron chi connectivity index (χ1n) is 3.67. The van der Waals surface area contributed by atoms with Gasteiger partial charge in [0.1, 0.15) is 0 Å². The summed E-state index contributed by atoms with van der Waals surface area (Å²) in [6, 6.07) is 0. The van der Waals surface area contributed by atoms with E-state index >= 15 is 0 Å². The molecule has 2 heterocycles. The first kappa shape index (κ1) is 7.67. The maximum absolute atomic E-state index is 4.21. The summed E-state index contributed by atoms with van der Waals surface area (Å²) in [6.07, 6.45) is 4.39. The third-order valence-corrected chi connectivity index (χ3v) is 1.97. The Kier molecular flexibility index (Phi) is 1.80. The molecule has 0 atom stereocenters. The molecule has 62 valence electrons. The molecule has 4 nitrogen and oxygen atoms in total. The molecular formula is C7H7BrN4. The van der Waals surface area contributed by atoms with Crippen LogP contribution in [0.3, 0.4) is 0 Å². The Balaban J connectivity index is 2.80. The summed E-state index contributed by atoms with van der Waals surface area (Å²) in [4.78, 5) is 8.36. The number of imidazole rings is 1. The summed E-state index contributed by atoms with van der Waals surface area (Å²) in [7, 11) is 0. The highest BCUT2D eigenvalue weighted by atomic mass is 79.9. The molecule has 2 rings (SSSR count). The van der Waals surface area contributed by atoms with E-state index in [9.17, 15) is 0 Å². The second-order valence-electron chi connectivity index (χ2n) is 2.38. The van der Waals surface area contributed by atoms with Crippen LogP contribution in [-0.2, 0) is 6.42 Å². The first-order chi connectivity index (χ1) is 5.81. The molecule has 12 heavy (non-hydrogen) atoms. The molecule has 0 unspecified atom stereocenters. The van der Waals surface area contributed by atoms with Gasteiger partial charge in [0, 0.05) is 12.4 Å². The lowest BCUT2D eigenvalue weighted by atomic mass is 10.3. The highest BCUT2D eigenvalue weighted by Crippen LogP contribution is 2.09. The Morgan fingerprint density at radius 2 is 2.42 bits per heavy atom. The molecule has 0 saturated heterocycles. The van der Waals surface area contributed by atoms with Crippen LogP contribution < -0.4 is 0 Å². The number of halogens is 1. The normalized spacial score (nSPS) is 10.8. The van der Waals surface area contributed by atoms with Crippen LogP contribution in [0.1, 0.15) is 12.6 Å². The van der Waals surface area contributed by atoms with Gasteiger partial charge in [-0.25, -0.2) is 14.5 Å². The van der Waals surface area contributed by atoms with Crippen molar-refractivity contribution >= 4 is 21.6 Å². The molecule has 0 aliphatic heterocycles. The average molecular weight is 227 g/mol. The molecule has 2 aromatic heterocycles. The van der Waals surface area contributed by atoms with Crippen LogP contribution in [0.15, 0.2) is 17.1 Å². The van der Waals surface area contributed by atoms with E-state index in [4.69, 9.17) is 0 Å². The van der Waals surface area contributed by atoms with E-state index in [-0.39, 0.29) is 0 Å². The lowest BCUT2D eigenvalue weighted by molar-refractivity contribution is 0.835. The van der Waals surface area contributed by atoms with Crippen molar-refractivity contribution in [2.24, 2.45) is 0 Å². The SMILES string of the molecule is CCc1nc(Br)nn2ccnc12. The fraction of sp³-hybridized carbons (Fsp3) is 0.286. The van der Waals surface area contributed by atoms with Gasteiger partial charge in [-0.1, -0.05) is 6.92 Å². The van der Waals surface area contributed by atoms with E-state index in [0.29, 0.717) is 4.73 Å². The average Bonchev–Trinajstić information content (AvgIpc) is 2.50. The van der Waals surface area contributed by atoms with Crippen LogP contribution in [0.2, 0.25) is 0 Å². The number of fused-ring (bicyclic) bond motifs is 1. The van der Waals surface area contributed by atoms with Crippen LogP contribution >= 0.6 is 15.9 Å². The largest absolute Gasteiger partial charge is 0.234 e. The fourth-order valence-electron chi connectivity index (χ4n) is 1.09. The molecule has 0 fully saturated rings. The molecule has 0 saturated carbocycles. The fourth-order valence-corrected chi connectivity index (χ4v) is 1.48. The van der Waals surface area contributed by atoms with Gasteiger partial charge < -0.3 is 0 Å². The smallest absolute Gasteiger partial charge is 0.216 e. The van der Waals surface area contributed by atoms with E-state index < -0.39 is 0 Å². The molecule has 0 aliphatic rings. The second-order valence-corrected chi connectivity index (χ2v) is 3.09. The Hall–Kier alpha value is -0.970. The van der Waals surface area contributed by atoms with Gasteiger partial charge in [-0.05, 0) is 22.4 Å². The lowest BCUT2D eigenvalue weighted by Gasteiger charge is -1.98. The quantitative estimate of drug-likeness (QED) is 0.740. The molecule has 2 aromatic rings. The Bertz CT molecular complexity index is 409. The number of hydrogen-bond donors (Lipinski definition) is 0. The van der Waals surface area contributed by atoms with Crippen molar-refractivity contribution in [1.29, 1.82) is 0 Å². The Morgan fingerprint density at radius 1 is 1.58 bits per heavy atom. The number of rotatable bonds is 1. The van der Waals surface area contributed by atoms with Crippen molar-refractivity contribution in [2.75, 3.05) is 0 Å². The highest BCUT2D eigenvalue weighted by Gasteiger charge is 2.04.